The van der Waals surface area contributed by atoms with Crippen LogP contribution in [0.2, 0.25) is 0 Å². The topological polar surface area (TPSA) is 84.6 Å². The molecule has 0 bridgehead atoms. The third kappa shape index (κ3) is 5.42. The minimum atomic E-state index is -0.119. The third-order valence-electron chi connectivity index (χ3n) is 7.23. The van der Waals surface area contributed by atoms with Crippen molar-refractivity contribution < 1.29 is 4.79 Å². The van der Waals surface area contributed by atoms with Gasteiger partial charge in [-0.1, -0.05) is 37.3 Å². The van der Waals surface area contributed by atoms with Gasteiger partial charge in [-0.2, -0.15) is 0 Å². The molecule has 5 rings (SSSR count). The number of amides is 1. The Balaban J connectivity index is 1.23. The Morgan fingerprint density at radius 3 is 2.69 bits per heavy atom. The van der Waals surface area contributed by atoms with Gasteiger partial charge in [-0.15, -0.1) is 11.3 Å². The zero-order valence-electron chi connectivity index (χ0n) is 20.3. The molecule has 35 heavy (non-hydrogen) atoms. The zero-order valence-corrected chi connectivity index (χ0v) is 21.1. The molecule has 2 aliphatic rings. The number of aromatic amines is 1. The van der Waals surface area contributed by atoms with Gasteiger partial charge in [0, 0.05) is 63.3 Å². The first kappa shape index (κ1) is 24.0. The summed E-state index contributed by atoms with van der Waals surface area (Å²) in [5.41, 5.74) is 2.64. The standard InChI is InChI=1S/C26H34N6O2S/c1-2-30-13-15-31(16-14-30)12-10-27-24(33)20-9-6-11-32(17-20)26-28-22-21(19-7-4-3-5-8-19)18-35-23(22)25(34)29-26/h3-5,7-8,18,20H,2,6,9-17H2,1H3,(H,27,33)(H,28,29,34). The van der Waals surface area contributed by atoms with E-state index in [0.29, 0.717) is 23.7 Å². The van der Waals surface area contributed by atoms with Crippen molar-refractivity contribution in [2.75, 3.05) is 63.8 Å². The Kier molecular flexibility index (Phi) is 7.46. The summed E-state index contributed by atoms with van der Waals surface area (Å²) in [5, 5.41) is 5.15. The maximum absolute atomic E-state index is 12.9. The highest BCUT2D eigenvalue weighted by molar-refractivity contribution is 7.17. The molecule has 2 aliphatic heterocycles. The summed E-state index contributed by atoms with van der Waals surface area (Å²) in [6.07, 6.45) is 1.76. The number of H-pyrrole nitrogens is 1. The lowest BCUT2D eigenvalue weighted by Crippen LogP contribution is -2.49. The van der Waals surface area contributed by atoms with E-state index in [0.717, 1.165) is 75.3 Å². The van der Waals surface area contributed by atoms with E-state index in [1.54, 1.807) is 0 Å². The van der Waals surface area contributed by atoms with Crippen LogP contribution in [0.15, 0.2) is 40.5 Å². The molecule has 4 heterocycles. The molecule has 8 nitrogen and oxygen atoms in total. The van der Waals surface area contributed by atoms with E-state index < -0.39 is 0 Å². The molecular weight excluding hydrogens is 460 g/mol. The first-order chi connectivity index (χ1) is 17.1. The molecule has 2 saturated heterocycles. The molecule has 1 amide bonds. The molecule has 1 aromatic carbocycles. The first-order valence-corrected chi connectivity index (χ1v) is 13.5. The summed E-state index contributed by atoms with van der Waals surface area (Å²) in [6, 6.07) is 10.0. The summed E-state index contributed by atoms with van der Waals surface area (Å²) < 4.78 is 0.638. The van der Waals surface area contributed by atoms with Gasteiger partial charge in [0.15, 0.2) is 0 Å². The van der Waals surface area contributed by atoms with Crippen LogP contribution in [-0.2, 0) is 4.79 Å². The van der Waals surface area contributed by atoms with Crippen LogP contribution < -0.4 is 15.8 Å². The van der Waals surface area contributed by atoms with E-state index in [9.17, 15) is 9.59 Å². The Labute approximate surface area is 209 Å². The second kappa shape index (κ2) is 10.9. The van der Waals surface area contributed by atoms with Crippen LogP contribution in [0, 0.1) is 5.92 Å². The summed E-state index contributed by atoms with van der Waals surface area (Å²) in [6.45, 7) is 10.6. The second-order valence-electron chi connectivity index (χ2n) is 9.43. The van der Waals surface area contributed by atoms with Crippen LogP contribution in [0.25, 0.3) is 21.3 Å². The van der Waals surface area contributed by atoms with Crippen LogP contribution in [0.1, 0.15) is 19.8 Å². The van der Waals surface area contributed by atoms with Crippen molar-refractivity contribution in [2.24, 2.45) is 5.92 Å². The fraction of sp³-hybridized carbons (Fsp3) is 0.500. The molecule has 0 spiro atoms. The lowest BCUT2D eigenvalue weighted by Gasteiger charge is -2.34. The average molecular weight is 495 g/mol. The number of hydrogen-bond donors (Lipinski definition) is 2. The number of hydrogen-bond acceptors (Lipinski definition) is 7. The van der Waals surface area contributed by atoms with E-state index in [-0.39, 0.29) is 17.4 Å². The summed E-state index contributed by atoms with van der Waals surface area (Å²) in [5.74, 6) is 0.563. The summed E-state index contributed by atoms with van der Waals surface area (Å²) in [4.78, 5) is 40.5. The summed E-state index contributed by atoms with van der Waals surface area (Å²) >= 11 is 1.42. The molecular formula is C26H34N6O2S. The highest BCUT2D eigenvalue weighted by Crippen LogP contribution is 2.32. The van der Waals surface area contributed by atoms with Gasteiger partial charge in [-0.05, 0) is 24.9 Å². The number of aromatic nitrogens is 2. The molecule has 3 aromatic rings. The van der Waals surface area contributed by atoms with Gasteiger partial charge in [0.2, 0.25) is 11.9 Å². The highest BCUT2D eigenvalue weighted by Gasteiger charge is 2.28. The Morgan fingerprint density at radius 2 is 1.91 bits per heavy atom. The van der Waals surface area contributed by atoms with E-state index in [2.05, 4.69) is 31.9 Å². The molecule has 1 atom stereocenters. The Morgan fingerprint density at radius 1 is 1.14 bits per heavy atom. The Bertz CT molecular complexity index is 1200. The number of carbonyl (C=O) groups is 1. The quantitative estimate of drug-likeness (QED) is 0.525. The zero-order chi connectivity index (χ0) is 24.2. The fourth-order valence-corrected chi connectivity index (χ4v) is 5.99. The van der Waals surface area contributed by atoms with Gasteiger partial charge in [0.1, 0.15) is 4.70 Å². The largest absolute Gasteiger partial charge is 0.355 e. The van der Waals surface area contributed by atoms with E-state index in [1.807, 2.05) is 35.7 Å². The Hall–Kier alpha value is -2.75. The lowest BCUT2D eigenvalue weighted by atomic mass is 9.97. The number of piperazine rings is 1. The number of piperidine rings is 1. The van der Waals surface area contributed by atoms with E-state index in [4.69, 9.17) is 4.98 Å². The lowest BCUT2D eigenvalue weighted by molar-refractivity contribution is -0.125. The van der Waals surface area contributed by atoms with Gasteiger partial charge in [0.05, 0.1) is 11.4 Å². The monoisotopic (exact) mass is 494 g/mol. The van der Waals surface area contributed by atoms with Gasteiger partial charge < -0.3 is 15.1 Å². The normalized spacial score (nSPS) is 19.8. The van der Waals surface area contributed by atoms with E-state index >= 15 is 0 Å². The van der Waals surface area contributed by atoms with Crippen molar-refractivity contribution in [3.63, 3.8) is 0 Å². The number of nitrogens with one attached hydrogen (secondary N) is 2. The molecule has 0 radical (unpaired) electrons. The smallest absolute Gasteiger partial charge is 0.270 e. The molecule has 186 valence electrons. The third-order valence-corrected chi connectivity index (χ3v) is 8.20. The fourth-order valence-electron chi connectivity index (χ4n) is 5.08. The number of fused-ring (bicyclic) bond motifs is 1. The van der Waals surface area contributed by atoms with Crippen molar-refractivity contribution in [1.29, 1.82) is 0 Å². The SMILES string of the molecule is CCN1CCN(CCNC(=O)C2CCCN(c3nc4c(-c5ccccc5)csc4c(=O)[nH]3)C2)CC1. The van der Waals surface area contributed by atoms with Crippen molar-refractivity contribution in [1.82, 2.24) is 25.1 Å². The van der Waals surface area contributed by atoms with Crippen molar-refractivity contribution >= 4 is 33.4 Å². The maximum atomic E-state index is 12.9. The molecule has 0 aliphatic carbocycles. The van der Waals surface area contributed by atoms with Crippen molar-refractivity contribution in [2.45, 2.75) is 19.8 Å². The number of rotatable bonds is 7. The second-order valence-corrected chi connectivity index (χ2v) is 10.3. The molecule has 0 saturated carbocycles. The van der Waals surface area contributed by atoms with Gasteiger partial charge >= 0.3 is 0 Å². The maximum Gasteiger partial charge on any atom is 0.270 e. The summed E-state index contributed by atoms with van der Waals surface area (Å²) in [7, 11) is 0. The van der Waals surface area contributed by atoms with Gasteiger partial charge in [-0.25, -0.2) is 4.98 Å². The van der Waals surface area contributed by atoms with Crippen LogP contribution in [-0.4, -0.2) is 84.6 Å². The minimum absolute atomic E-state index is 0.0993. The first-order valence-electron chi connectivity index (χ1n) is 12.7. The van der Waals surface area contributed by atoms with Crippen LogP contribution >= 0.6 is 11.3 Å². The van der Waals surface area contributed by atoms with Gasteiger partial charge in [0.25, 0.3) is 5.56 Å². The minimum Gasteiger partial charge on any atom is -0.355 e. The number of anilines is 1. The highest BCUT2D eigenvalue weighted by atomic mass is 32.1. The molecule has 2 aromatic heterocycles. The van der Waals surface area contributed by atoms with Crippen LogP contribution in [0.3, 0.4) is 0 Å². The predicted molar refractivity (Wildman–Crippen MR) is 142 cm³/mol. The molecule has 9 heteroatoms. The van der Waals surface area contributed by atoms with E-state index in [1.165, 1.54) is 11.3 Å². The average Bonchev–Trinajstić information content (AvgIpc) is 3.34. The number of nitrogens with zero attached hydrogens (tertiary/aromatic N) is 4. The van der Waals surface area contributed by atoms with Gasteiger partial charge in [-0.3, -0.25) is 19.5 Å². The van der Waals surface area contributed by atoms with Crippen molar-refractivity contribution in [3.8, 4) is 11.1 Å². The number of thiophene rings is 1. The number of likely N-dealkylation sites (N-methyl/N-ethyl adjacent to an activating group) is 1. The molecule has 1 unspecified atom stereocenters. The number of benzene rings is 1. The predicted octanol–water partition coefficient (Wildman–Crippen LogP) is 2.62. The molecule has 2 fully saturated rings. The number of carbonyl (C=O) groups excluding carboxylic acids is 1. The molecule has 2 N–H and O–H groups in total. The van der Waals surface area contributed by atoms with Crippen molar-refractivity contribution in [3.05, 3.63) is 46.1 Å². The van der Waals surface area contributed by atoms with Crippen LogP contribution in [0.5, 0.6) is 0 Å². The van der Waals surface area contributed by atoms with Crippen LogP contribution in [0.4, 0.5) is 5.95 Å².